The molecule has 1 heterocycles. The second-order valence-electron chi connectivity index (χ2n) is 6.10. The molecule has 1 N–H and O–H groups in total. The molecule has 7 heteroatoms. The molecule has 1 amide bonds. The topological polar surface area (TPSA) is 82.5 Å². The zero-order valence-corrected chi connectivity index (χ0v) is 15.9. The quantitative estimate of drug-likeness (QED) is 0.712. The third-order valence-corrected chi connectivity index (χ3v) is 4.31. The fourth-order valence-electron chi connectivity index (χ4n) is 2.72. The Balaban J connectivity index is 1.87. The standard InChI is InChI=1S/C21H21N3O4/c1-14(21(26)22-18-10-9-16(27-2)13-19(18)28-3)24-20(25)12-11-17(23-24)15-7-5-4-6-8-15/h4-14H,1-3H3,(H,22,26)/t14-/m0/s1. The molecule has 28 heavy (non-hydrogen) atoms. The van der Waals surface area contributed by atoms with Crippen LogP contribution in [0.4, 0.5) is 5.69 Å². The van der Waals surface area contributed by atoms with Crippen molar-refractivity contribution < 1.29 is 14.3 Å². The summed E-state index contributed by atoms with van der Waals surface area (Å²) in [6, 6.07) is 16.8. The fourth-order valence-corrected chi connectivity index (χ4v) is 2.72. The van der Waals surface area contributed by atoms with Crippen LogP contribution in [-0.4, -0.2) is 29.9 Å². The highest BCUT2D eigenvalue weighted by molar-refractivity contribution is 5.94. The van der Waals surface area contributed by atoms with E-state index in [2.05, 4.69) is 10.4 Å². The van der Waals surface area contributed by atoms with Gasteiger partial charge in [0.15, 0.2) is 0 Å². The van der Waals surface area contributed by atoms with Crippen molar-refractivity contribution in [2.75, 3.05) is 19.5 Å². The number of carbonyl (C=O) groups excluding carboxylic acids is 1. The summed E-state index contributed by atoms with van der Waals surface area (Å²) in [7, 11) is 3.05. The van der Waals surface area contributed by atoms with E-state index >= 15 is 0 Å². The lowest BCUT2D eigenvalue weighted by Crippen LogP contribution is -2.33. The number of ether oxygens (including phenoxy) is 2. The van der Waals surface area contributed by atoms with Gasteiger partial charge >= 0.3 is 0 Å². The van der Waals surface area contributed by atoms with Crippen LogP contribution in [0.5, 0.6) is 11.5 Å². The van der Waals surface area contributed by atoms with Crippen molar-refractivity contribution in [2.45, 2.75) is 13.0 Å². The molecule has 2 aromatic carbocycles. The van der Waals surface area contributed by atoms with Crippen LogP contribution in [-0.2, 0) is 4.79 Å². The van der Waals surface area contributed by atoms with Gasteiger partial charge in [-0.3, -0.25) is 9.59 Å². The Bertz CT molecular complexity index is 1030. The molecule has 0 fully saturated rings. The SMILES string of the molecule is COc1ccc(NC(=O)[C@H](C)n2nc(-c3ccccc3)ccc2=O)c(OC)c1. The van der Waals surface area contributed by atoms with Crippen LogP contribution >= 0.6 is 0 Å². The van der Waals surface area contributed by atoms with E-state index in [0.29, 0.717) is 22.9 Å². The molecule has 1 aromatic heterocycles. The van der Waals surface area contributed by atoms with Crippen LogP contribution in [0.15, 0.2) is 65.5 Å². The predicted octanol–water partition coefficient (Wildman–Crippen LogP) is 3.13. The van der Waals surface area contributed by atoms with Gasteiger partial charge < -0.3 is 14.8 Å². The van der Waals surface area contributed by atoms with Crippen LogP contribution in [0, 0.1) is 0 Å². The van der Waals surface area contributed by atoms with Crippen molar-refractivity contribution in [1.82, 2.24) is 9.78 Å². The summed E-state index contributed by atoms with van der Waals surface area (Å²) < 4.78 is 11.6. The van der Waals surface area contributed by atoms with E-state index in [0.717, 1.165) is 5.56 Å². The number of amides is 1. The van der Waals surface area contributed by atoms with Crippen molar-refractivity contribution >= 4 is 11.6 Å². The number of methoxy groups -OCH3 is 2. The Morgan fingerprint density at radius 1 is 1.04 bits per heavy atom. The Morgan fingerprint density at radius 2 is 1.79 bits per heavy atom. The maximum Gasteiger partial charge on any atom is 0.267 e. The first kappa shape index (κ1) is 19.2. The molecule has 0 radical (unpaired) electrons. The summed E-state index contributed by atoms with van der Waals surface area (Å²) in [5, 5.41) is 7.15. The number of anilines is 1. The number of aromatic nitrogens is 2. The first-order chi connectivity index (χ1) is 13.5. The Morgan fingerprint density at radius 3 is 2.46 bits per heavy atom. The smallest absolute Gasteiger partial charge is 0.267 e. The lowest BCUT2D eigenvalue weighted by Gasteiger charge is -2.16. The predicted molar refractivity (Wildman–Crippen MR) is 107 cm³/mol. The summed E-state index contributed by atoms with van der Waals surface area (Å²) in [6.07, 6.45) is 0. The molecule has 0 aliphatic rings. The van der Waals surface area contributed by atoms with E-state index in [9.17, 15) is 9.59 Å². The average Bonchev–Trinajstić information content (AvgIpc) is 2.74. The molecule has 0 unspecified atom stereocenters. The van der Waals surface area contributed by atoms with Gasteiger partial charge in [0.1, 0.15) is 17.5 Å². The maximum atomic E-state index is 12.7. The molecule has 0 aliphatic carbocycles. The number of nitrogens with one attached hydrogen (secondary N) is 1. The second-order valence-corrected chi connectivity index (χ2v) is 6.10. The highest BCUT2D eigenvalue weighted by Gasteiger charge is 2.20. The minimum absolute atomic E-state index is 0.357. The van der Waals surface area contributed by atoms with Crippen molar-refractivity contribution in [3.63, 3.8) is 0 Å². The zero-order chi connectivity index (χ0) is 20.1. The van der Waals surface area contributed by atoms with Gasteiger partial charge in [-0.15, -0.1) is 0 Å². The maximum absolute atomic E-state index is 12.7. The van der Waals surface area contributed by atoms with Crippen molar-refractivity contribution in [3.05, 3.63) is 71.0 Å². The largest absolute Gasteiger partial charge is 0.497 e. The number of rotatable bonds is 6. The van der Waals surface area contributed by atoms with Gasteiger partial charge in [-0.05, 0) is 25.1 Å². The van der Waals surface area contributed by atoms with E-state index in [-0.39, 0.29) is 11.5 Å². The van der Waals surface area contributed by atoms with Gasteiger partial charge in [0, 0.05) is 17.7 Å². The normalized spacial score (nSPS) is 11.5. The molecular weight excluding hydrogens is 358 g/mol. The third kappa shape index (κ3) is 4.03. The highest BCUT2D eigenvalue weighted by Crippen LogP contribution is 2.29. The number of benzene rings is 2. The number of nitrogens with zero attached hydrogens (tertiary/aromatic N) is 2. The molecule has 3 rings (SSSR count). The Kier molecular flexibility index (Phi) is 5.74. The molecule has 0 aliphatic heterocycles. The van der Waals surface area contributed by atoms with Gasteiger partial charge in [0.05, 0.1) is 25.6 Å². The number of carbonyl (C=O) groups is 1. The van der Waals surface area contributed by atoms with E-state index < -0.39 is 6.04 Å². The van der Waals surface area contributed by atoms with E-state index in [1.807, 2.05) is 30.3 Å². The summed E-state index contributed by atoms with van der Waals surface area (Å²) >= 11 is 0. The Hall–Kier alpha value is -3.61. The average molecular weight is 379 g/mol. The summed E-state index contributed by atoms with van der Waals surface area (Å²) in [5.41, 5.74) is 1.60. The minimum Gasteiger partial charge on any atom is -0.497 e. The van der Waals surface area contributed by atoms with E-state index in [1.54, 1.807) is 38.3 Å². The van der Waals surface area contributed by atoms with Gasteiger partial charge in [-0.1, -0.05) is 30.3 Å². The number of hydrogen-bond donors (Lipinski definition) is 1. The van der Waals surface area contributed by atoms with Crippen LogP contribution in [0.1, 0.15) is 13.0 Å². The summed E-state index contributed by atoms with van der Waals surface area (Å²) in [4.78, 5) is 25.0. The van der Waals surface area contributed by atoms with E-state index in [1.165, 1.54) is 17.9 Å². The second kappa shape index (κ2) is 8.39. The monoisotopic (exact) mass is 379 g/mol. The van der Waals surface area contributed by atoms with E-state index in [4.69, 9.17) is 9.47 Å². The molecule has 3 aromatic rings. The first-order valence-corrected chi connectivity index (χ1v) is 8.71. The Labute approximate surface area is 162 Å². The van der Waals surface area contributed by atoms with Crippen molar-refractivity contribution in [1.29, 1.82) is 0 Å². The molecule has 144 valence electrons. The molecule has 0 saturated carbocycles. The van der Waals surface area contributed by atoms with Crippen molar-refractivity contribution in [2.24, 2.45) is 0 Å². The first-order valence-electron chi connectivity index (χ1n) is 8.71. The van der Waals surface area contributed by atoms with Crippen LogP contribution in [0.2, 0.25) is 0 Å². The van der Waals surface area contributed by atoms with Crippen LogP contribution < -0.4 is 20.3 Å². The van der Waals surface area contributed by atoms with Gasteiger partial charge in [-0.25, -0.2) is 4.68 Å². The molecule has 0 saturated heterocycles. The third-order valence-electron chi connectivity index (χ3n) is 4.31. The fraction of sp³-hybridized carbons (Fsp3) is 0.190. The van der Waals surface area contributed by atoms with Gasteiger partial charge in [0.25, 0.3) is 5.56 Å². The summed E-state index contributed by atoms with van der Waals surface area (Å²) in [5.74, 6) is 0.679. The molecule has 0 spiro atoms. The van der Waals surface area contributed by atoms with Gasteiger partial charge in [-0.2, -0.15) is 5.10 Å². The lowest BCUT2D eigenvalue weighted by atomic mass is 10.1. The lowest BCUT2D eigenvalue weighted by molar-refractivity contribution is -0.119. The number of hydrogen-bond acceptors (Lipinski definition) is 5. The zero-order valence-electron chi connectivity index (χ0n) is 15.9. The summed E-state index contributed by atoms with van der Waals surface area (Å²) in [6.45, 7) is 1.62. The van der Waals surface area contributed by atoms with Crippen LogP contribution in [0.25, 0.3) is 11.3 Å². The van der Waals surface area contributed by atoms with Crippen molar-refractivity contribution in [3.8, 4) is 22.8 Å². The molecule has 7 nitrogen and oxygen atoms in total. The molecular formula is C21H21N3O4. The molecule has 1 atom stereocenters. The van der Waals surface area contributed by atoms with Crippen LogP contribution in [0.3, 0.4) is 0 Å². The highest BCUT2D eigenvalue weighted by atomic mass is 16.5. The minimum atomic E-state index is -0.817. The molecule has 0 bridgehead atoms. The van der Waals surface area contributed by atoms with Gasteiger partial charge in [0.2, 0.25) is 5.91 Å².